The second kappa shape index (κ2) is 9.58. The van der Waals surface area contributed by atoms with Crippen LogP contribution in [0.2, 0.25) is 5.02 Å². The Morgan fingerprint density at radius 3 is 2.22 bits per heavy atom. The van der Waals surface area contributed by atoms with Crippen LogP contribution in [-0.4, -0.2) is 58.7 Å². The molecule has 0 radical (unpaired) electrons. The lowest BCUT2D eigenvalue weighted by Crippen LogP contribution is -2.41. The molecule has 0 saturated heterocycles. The van der Waals surface area contributed by atoms with Crippen LogP contribution >= 0.6 is 11.6 Å². The zero-order valence-electron chi connectivity index (χ0n) is 16.1. The molecule has 0 aliphatic carbocycles. The Morgan fingerprint density at radius 1 is 1.04 bits per heavy atom. The van der Waals surface area contributed by atoms with Crippen LogP contribution in [-0.2, 0) is 4.79 Å². The molecule has 2 rings (SSSR count). The number of amides is 1. The third-order valence-electron chi connectivity index (χ3n) is 4.25. The Kier molecular flexibility index (Phi) is 7.45. The van der Waals surface area contributed by atoms with E-state index >= 15 is 0 Å². The largest absolute Gasteiger partial charge is 0.497 e. The minimum absolute atomic E-state index is 0.0401. The summed E-state index contributed by atoms with van der Waals surface area (Å²) in [6.45, 7) is 1.50. The topological polar surface area (TPSA) is 36.0 Å². The average Bonchev–Trinajstić information content (AvgIpc) is 2.66. The third kappa shape index (κ3) is 5.84. The highest BCUT2D eigenvalue weighted by molar-refractivity contribution is 6.31. The van der Waals surface area contributed by atoms with Crippen molar-refractivity contribution in [1.29, 1.82) is 0 Å². The molecule has 0 aliphatic heterocycles. The van der Waals surface area contributed by atoms with Gasteiger partial charge in [0, 0.05) is 31.5 Å². The normalized spacial score (nSPS) is 10.8. The first kappa shape index (κ1) is 21.0. The monoisotopic (exact) mass is 393 g/mol. The van der Waals surface area contributed by atoms with E-state index in [2.05, 4.69) is 0 Å². The van der Waals surface area contributed by atoms with Crippen LogP contribution in [0.4, 0.5) is 15.8 Å². The lowest BCUT2D eigenvalue weighted by Gasteiger charge is -2.28. The smallest absolute Gasteiger partial charge is 0.246 e. The van der Waals surface area contributed by atoms with Crippen molar-refractivity contribution in [1.82, 2.24) is 4.90 Å². The summed E-state index contributed by atoms with van der Waals surface area (Å²) in [6, 6.07) is 11.8. The van der Waals surface area contributed by atoms with E-state index in [0.717, 1.165) is 18.0 Å². The van der Waals surface area contributed by atoms with Gasteiger partial charge in [0.15, 0.2) is 0 Å². The van der Waals surface area contributed by atoms with Crippen molar-refractivity contribution in [3.8, 4) is 5.75 Å². The van der Waals surface area contributed by atoms with Gasteiger partial charge < -0.3 is 19.4 Å². The van der Waals surface area contributed by atoms with Gasteiger partial charge in [0.05, 0.1) is 18.7 Å². The summed E-state index contributed by atoms with van der Waals surface area (Å²) in [4.78, 5) is 18.3. The molecule has 146 valence electrons. The first-order valence-corrected chi connectivity index (χ1v) is 8.95. The van der Waals surface area contributed by atoms with E-state index in [1.165, 1.54) is 6.07 Å². The minimum Gasteiger partial charge on any atom is -0.497 e. The van der Waals surface area contributed by atoms with Crippen molar-refractivity contribution in [3.63, 3.8) is 0 Å². The van der Waals surface area contributed by atoms with E-state index in [4.69, 9.17) is 16.3 Å². The number of benzene rings is 2. The van der Waals surface area contributed by atoms with Crippen molar-refractivity contribution in [2.45, 2.75) is 0 Å². The zero-order valence-corrected chi connectivity index (χ0v) is 16.8. The standard InChI is InChI=1S/C20H25ClFN3O2/c1-23(2)11-12-25(16-7-10-19(22)18(21)13-16)14-20(26)24(3)15-5-8-17(27-4)9-6-15/h5-10,13H,11-12,14H2,1-4H3. The maximum atomic E-state index is 13.5. The summed E-state index contributed by atoms with van der Waals surface area (Å²) < 4.78 is 18.7. The number of ether oxygens (including phenoxy) is 1. The third-order valence-corrected chi connectivity index (χ3v) is 4.54. The SMILES string of the molecule is COc1ccc(N(C)C(=O)CN(CCN(C)C)c2ccc(F)c(Cl)c2)cc1. The predicted octanol–water partition coefficient (Wildman–Crippen LogP) is 3.52. The Labute approximate surface area is 164 Å². The number of hydrogen-bond acceptors (Lipinski definition) is 4. The maximum absolute atomic E-state index is 13.5. The lowest BCUT2D eigenvalue weighted by atomic mass is 10.2. The molecule has 0 aromatic heterocycles. The van der Waals surface area contributed by atoms with Crippen LogP contribution in [0, 0.1) is 5.82 Å². The van der Waals surface area contributed by atoms with Gasteiger partial charge in [0.1, 0.15) is 11.6 Å². The second-order valence-electron chi connectivity index (χ2n) is 6.47. The Balaban J connectivity index is 2.16. The molecular weight excluding hydrogens is 369 g/mol. The van der Waals surface area contributed by atoms with E-state index in [0.29, 0.717) is 12.2 Å². The van der Waals surface area contributed by atoms with Crippen molar-refractivity contribution >= 4 is 28.9 Å². The molecule has 0 unspecified atom stereocenters. The highest BCUT2D eigenvalue weighted by Crippen LogP contribution is 2.23. The molecule has 0 bridgehead atoms. The number of rotatable bonds is 8. The molecule has 1 amide bonds. The first-order chi connectivity index (χ1) is 12.8. The molecule has 5 nitrogen and oxygen atoms in total. The minimum atomic E-state index is -0.477. The second-order valence-corrected chi connectivity index (χ2v) is 6.88. The summed E-state index contributed by atoms with van der Waals surface area (Å²) in [5.74, 6) is 0.169. The fourth-order valence-electron chi connectivity index (χ4n) is 2.52. The van der Waals surface area contributed by atoms with Crippen molar-refractivity contribution < 1.29 is 13.9 Å². The van der Waals surface area contributed by atoms with Crippen LogP contribution in [0.25, 0.3) is 0 Å². The zero-order chi connectivity index (χ0) is 20.0. The summed E-state index contributed by atoms with van der Waals surface area (Å²) in [6.07, 6.45) is 0. The Hall–Kier alpha value is -2.31. The van der Waals surface area contributed by atoms with Crippen LogP contribution in [0.15, 0.2) is 42.5 Å². The number of carbonyl (C=O) groups is 1. The molecule has 0 atom stereocenters. The highest BCUT2D eigenvalue weighted by atomic mass is 35.5. The van der Waals surface area contributed by atoms with Crippen LogP contribution in [0.5, 0.6) is 5.75 Å². The van der Waals surface area contributed by atoms with Crippen LogP contribution < -0.4 is 14.5 Å². The van der Waals surface area contributed by atoms with Gasteiger partial charge in [-0.25, -0.2) is 4.39 Å². The van der Waals surface area contributed by atoms with Crippen LogP contribution in [0.1, 0.15) is 0 Å². The number of carbonyl (C=O) groups excluding carboxylic acids is 1. The fraction of sp³-hybridized carbons (Fsp3) is 0.350. The molecule has 2 aromatic carbocycles. The van der Waals surface area contributed by atoms with Gasteiger partial charge in [-0.15, -0.1) is 0 Å². The van der Waals surface area contributed by atoms with Crippen LogP contribution in [0.3, 0.4) is 0 Å². The van der Waals surface area contributed by atoms with E-state index < -0.39 is 5.82 Å². The number of nitrogens with zero attached hydrogens (tertiary/aromatic N) is 3. The van der Waals surface area contributed by atoms with E-state index in [9.17, 15) is 9.18 Å². The molecule has 27 heavy (non-hydrogen) atoms. The number of likely N-dealkylation sites (N-methyl/N-ethyl adjacent to an activating group) is 2. The predicted molar refractivity (Wildman–Crippen MR) is 109 cm³/mol. The number of hydrogen-bond donors (Lipinski definition) is 0. The fourth-order valence-corrected chi connectivity index (χ4v) is 2.70. The number of anilines is 2. The molecule has 0 fully saturated rings. The van der Waals surface area contributed by atoms with Gasteiger partial charge in [-0.1, -0.05) is 11.6 Å². The van der Waals surface area contributed by atoms with Crippen molar-refractivity contribution in [3.05, 3.63) is 53.3 Å². The van der Waals surface area contributed by atoms with Gasteiger partial charge in [0.2, 0.25) is 5.91 Å². The molecule has 0 spiro atoms. The van der Waals surface area contributed by atoms with Crippen molar-refractivity contribution in [2.24, 2.45) is 0 Å². The molecule has 0 aliphatic rings. The summed E-state index contributed by atoms with van der Waals surface area (Å²) in [5, 5.41) is 0.0401. The highest BCUT2D eigenvalue weighted by Gasteiger charge is 2.17. The number of methoxy groups -OCH3 is 1. The van der Waals surface area contributed by atoms with Gasteiger partial charge >= 0.3 is 0 Å². The van der Waals surface area contributed by atoms with Crippen molar-refractivity contribution in [2.75, 3.05) is 57.7 Å². The quantitative estimate of drug-likeness (QED) is 0.687. The molecular formula is C20H25ClFN3O2. The Morgan fingerprint density at radius 2 is 1.67 bits per heavy atom. The van der Waals surface area contributed by atoms with E-state index in [-0.39, 0.29) is 17.5 Å². The average molecular weight is 394 g/mol. The molecule has 0 saturated carbocycles. The summed E-state index contributed by atoms with van der Waals surface area (Å²) in [5.41, 5.74) is 1.48. The van der Waals surface area contributed by atoms with Gasteiger partial charge in [-0.05, 0) is 56.6 Å². The molecule has 0 N–H and O–H groups in total. The maximum Gasteiger partial charge on any atom is 0.246 e. The van der Waals surface area contributed by atoms with Gasteiger partial charge in [-0.2, -0.15) is 0 Å². The molecule has 0 heterocycles. The van der Waals surface area contributed by atoms with E-state index in [1.54, 1.807) is 31.2 Å². The molecule has 7 heteroatoms. The summed E-state index contributed by atoms with van der Waals surface area (Å²) >= 11 is 5.92. The van der Waals surface area contributed by atoms with E-state index in [1.807, 2.05) is 48.2 Å². The van der Waals surface area contributed by atoms with Gasteiger partial charge in [0.25, 0.3) is 0 Å². The summed E-state index contributed by atoms with van der Waals surface area (Å²) in [7, 11) is 7.24. The first-order valence-electron chi connectivity index (χ1n) is 8.57. The van der Waals surface area contributed by atoms with Gasteiger partial charge in [-0.3, -0.25) is 4.79 Å². The molecule has 2 aromatic rings. The lowest BCUT2D eigenvalue weighted by molar-refractivity contribution is -0.117. The number of halogens is 2. The Bertz CT molecular complexity index is 768.